The molecule has 34 heavy (non-hydrogen) atoms. The molecule has 1 fully saturated rings. The van der Waals surface area contributed by atoms with Crippen molar-refractivity contribution in [3.05, 3.63) is 59.9 Å². The molecule has 0 saturated carbocycles. The van der Waals surface area contributed by atoms with E-state index in [0.29, 0.717) is 34.9 Å². The number of nitrogens with two attached hydrogens (primary N) is 1. The topological polar surface area (TPSA) is 115 Å². The molecule has 4 aromatic rings. The van der Waals surface area contributed by atoms with Gasteiger partial charge < -0.3 is 21.1 Å². The van der Waals surface area contributed by atoms with Crippen molar-refractivity contribution in [3.63, 3.8) is 0 Å². The molecular formula is C23H32F2N8O. The first-order chi connectivity index (χ1) is 16.5. The highest BCUT2D eigenvalue weighted by Gasteiger charge is 2.21. The van der Waals surface area contributed by atoms with Gasteiger partial charge in [0.05, 0.1) is 17.3 Å². The second-order valence-corrected chi connectivity index (χ2v) is 8.21. The third-order valence-corrected chi connectivity index (χ3v) is 5.75. The van der Waals surface area contributed by atoms with E-state index in [-0.39, 0.29) is 23.6 Å². The van der Waals surface area contributed by atoms with Gasteiger partial charge in [-0.1, -0.05) is 6.07 Å². The van der Waals surface area contributed by atoms with Gasteiger partial charge in [-0.05, 0) is 38.4 Å². The molecule has 4 heterocycles. The maximum absolute atomic E-state index is 14.3. The number of aromatic nitrogens is 5. The van der Waals surface area contributed by atoms with Gasteiger partial charge in [-0.15, -0.1) is 5.10 Å². The molecule has 0 amide bonds. The molecule has 9 nitrogen and oxygen atoms in total. The number of hydrogen-bond acceptors (Lipinski definition) is 8. The molecule has 3 aromatic heterocycles. The van der Waals surface area contributed by atoms with Crippen molar-refractivity contribution in [2.75, 3.05) is 24.2 Å². The number of nitrogens with zero attached hydrogens (tertiary/aromatic N) is 5. The summed E-state index contributed by atoms with van der Waals surface area (Å²) in [6.45, 7) is 3.12. The molecule has 1 aromatic carbocycles. The van der Waals surface area contributed by atoms with Crippen molar-refractivity contribution in [2.24, 2.45) is 0 Å². The number of ether oxygens (including phenoxy) is 1. The lowest BCUT2D eigenvalue weighted by Crippen LogP contribution is -2.28. The van der Waals surface area contributed by atoms with Crippen LogP contribution in [0.3, 0.4) is 0 Å². The van der Waals surface area contributed by atoms with Gasteiger partial charge in [0, 0.05) is 41.8 Å². The second kappa shape index (κ2) is 9.18. The molecule has 0 radical (unpaired) electrons. The highest BCUT2D eigenvalue weighted by molar-refractivity contribution is 5.85. The summed E-state index contributed by atoms with van der Waals surface area (Å²) >= 11 is 0. The number of fused-ring (bicyclic) bond motifs is 1. The Morgan fingerprint density at radius 2 is 2.21 bits per heavy atom. The van der Waals surface area contributed by atoms with Crippen LogP contribution in [0.15, 0.2) is 42.7 Å². The summed E-state index contributed by atoms with van der Waals surface area (Å²) in [4.78, 5) is 13.4. The van der Waals surface area contributed by atoms with Crippen molar-refractivity contribution >= 4 is 17.3 Å². The second-order valence-electron chi connectivity index (χ2n) is 8.21. The first kappa shape index (κ1) is 22.0. The van der Waals surface area contributed by atoms with Crippen LogP contribution < -0.4 is 21.1 Å². The molecule has 1 saturated heterocycles. The minimum absolute atomic E-state index is 0. The predicted octanol–water partition coefficient (Wildman–Crippen LogP) is 4.33. The molecule has 184 valence electrons. The third kappa shape index (κ3) is 4.46. The van der Waals surface area contributed by atoms with Crippen molar-refractivity contribution < 1.29 is 19.2 Å². The maximum atomic E-state index is 14.3. The Hall–Kier alpha value is -3.86. The van der Waals surface area contributed by atoms with Gasteiger partial charge in [0.25, 0.3) is 0 Å². The van der Waals surface area contributed by atoms with E-state index in [0.717, 1.165) is 25.5 Å². The Bertz CT molecular complexity index is 1340. The van der Waals surface area contributed by atoms with E-state index < -0.39 is 17.7 Å². The van der Waals surface area contributed by atoms with Gasteiger partial charge in [0.1, 0.15) is 24.1 Å². The summed E-state index contributed by atoms with van der Waals surface area (Å²) in [7, 11) is 0. The van der Waals surface area contributed by atoms with Gasteiger partial charge >= 0.3 is 6.01 Å². The van der Waals surface area contributed by atoms with E-state index in [4.69, 9.17) is 10.5 Å². The number of hydrogen-bond donors (Lipinski definition) is 3. The van der Waals surface area contributed by atoms with E-state index in [1.54, 1.807) is 36.0 Å². The van der Waals surface area contributed by atoms with Crippen LogP contribution in [0.25, 0.3) is 16.9 Å². The zero-order valence-electron chi connectivity index (χ0n) is 18.5. The lowest BCUT2D eigenvalue weighted by molar-refractivity contribution is 0.257. The molecule has 1 unspecified atom stereocenters. The van der Waals surface area contributed by atoms with E-state index >= 15 is 0 Å². The SMILES string of the molecule is C[C@H](Nc1cc(-c2c(N)nn3cccnc23)nc(OCC2CCCN2)n1)c1ccc(F)cc1F.[HH].[HH].[HH].[HH]. The number of nitrogen functional groups attached to an aromatic ring is 1. The number of nitrogens with one attached hydrogen (secondary N) is 2. The summed E-state index contributed by atoms with van der Waals surface area (Å²) in [5, 5.41) is 10.8. The van der Waals surface area contributed by atoms with E-state index in [2.05, 4.69) is 30.7 Å². The minimum atomic E-state index is -0.644. The standard InChI is InChI=1S/C23H24F2N8O.4H2/c1-13(16-6-5-14(24)10-17(16)25)29-19-11-18(20-21(26)32-33-9-3-8-28-22(20)33)30-23(31-19)34-12-15-4-2-7-27-15;;;;/h3,5-6,8-11,13,15,27H,2,4,7,12H2,1H3,(H2,26,32)(H,29,30,31);4*1H/t13-,15?;;;;/m0..../s1. The number of halogens is 2. The monoisotopic (exact) mass is 474 g/mol. The molecule has 4 N–H and O–H groups in total. The van der Waals surface area contributed by atoms with Crippen LogP contribution in [0, 0.1) is 11.6 Å². The normalized spacial score (nSPS) is 16.6. The molecule has 2 atom stereocenters. The first-order valence-electron chi connectivity index (χ1n) is 11.0. The smallest absolute Gasteiger partial charge is 0.318 e. The number of rotatable bonds is 7. The van der Waals surface area contributed by atoms with Gasteiger partial charge in [0.15, 0.2) is 11.5 Å². The average molecular weight is 475 g/mol. The first-order valence-corrected chi connectivity index (χ1v) is 11.0. The van der Waals surface area contributed by atoms with E-state index in [1.807, 2.05) is 0 Å². The molecule has 0 bridgehead atoms. The third-order valence-electron chi connectivity index (χ3n) is 5.75. The van der Waals surface area contributed by atoms with Gasteiger partial charge in [-0.2, -0.15) is 9.97 Å². The van der Waals surface area contributed by atoms with E-state index in [9.17, 15) is 8.78 Å². The number of benzene rings is 1. The van der Waals surface area contributed by atoms with Gasteiger partial charge in [-0.3, -0.25) is 0 Å². The van der Waals surface area contributed by atoms with Crippen LogP contribution in [-0.4, -0.2) is 43.8 Å². The van der Waals surface area contributed by atoms with Crippen LogP contribution in [0.4, 0.5) is 20.4 Å². The average Bonchev–Trinajstić information content (AvgIpc) is 3.44. The van der Waals surface area contributed by atoms with Crippen molar-refractivity contribution in [3.8, 4) is 17.3 Å². The molecule has 11 heteroatoms. The highest BCUT2D eigenvalue weighted by atomic mass is 19.1. The molecule has 0 spiro atoms. The Morgan fingerprint density at radius 1 is 1.32 bits per heavy atom. The zero-order valence-corrected chi connectivity index (χ0v) is 18.5. The van der Waals surface area contributed by atoms with Crippen molar-refractivity contribution in [2.45, 2.75) is 31.8 Å². The van der Waals surface area contributed by atoms with Crippen LogP contribution >= 0.6 is 0 Å². The summed E-state index contributed by atoms with van der Waals surface area (Å²) in [6.07, 6.45) is 5.48. The highest BCUT2D eigenvalue weighted by Crippen LogP contribution is 2.31. The van der Waals surface area contributed by atoms with Gasteiger partial charge in [0.2, 0.25) is 0 Å². The van der Waals surface area contributed by atoms with Crippen molar-refractivity contribution in [1.82, 2.24) is 29.9 Å². The Morgan fingerprint density at radius 3 is 3.00 bits per heavy atom. The Kier molecular flexibility index (Phi) is 5.93. The molecule has 1 aliphatic rings. The maximum Gasteiger partial charge on any atom is 0.318 e. The Balaban J connectivity index is 0.00000180. The summed E-state index contributed by atoms with van der Waals surface area (Å²) in [5.74, 6) is -0.631. The van der Waals surface area contributed by atoms with E-state index in [1.165, 1.54) is 12.1 Å². The Labute approximate surface area is 200 Å². The summed E-state index contributed by atoms with van der Waals surface area (Å²) < 4.78 is 35.2. The fraction of sp³-hybridized carbons (Fsp3) is 0.304. The zero-order chi connectivity index (χ0) is 23.7. The molecule has 0 aliphatic carbocycles. The van der Waals surface area contributed by atoms with Crippen molar-refractivity contribution in [1.29, 1.82) is 0 Å². The fourth-order valence-electron chi connectivity index (χ4n) is 4.07. The number of anilines is 2. The quantitative estimate of drug-likeness (QED) is 0.362. The summed E-state index contributed by atoms with van der Waals surface area (Å²) in [6, 6.07) is 6.77. The lowest BCUT2D eigenvalue weighted by atomic mass is 10.1. The molecular weight excluding hydrogens is 442 g/mol. The minimum Gasteiger partial charge on any atom is -0.462 e. The van der Waals surface area contributed by atoms with Crippen LogP contribution in [-0.2, 0) is 0 Å². The van der Waals surface area contributed by atoms with Crippen LogP contribution in [0.2, 0.25) is 0 Å². The van der Waals surface area contributed by atoms with Gasteiger partial charge in [-0.25, -0.2) is 18.3 Å². The fourth-order valence-corrected chi connectivity index (χ4v) is 4.07. The molecule has 1 aliphatic heterocycles. The molecule has 5 rings (SSSR count). The summed E-state index contributed by atoms with van der Waals surface area (Å²) in [5.41, 5.74) is 8.03. The van der Waals surface area contributed by atoms with Crippen LogP contribution in [0.5, 0.6) is 6.01 Å². The van der Waals surface area contributed by atoms with Crippen LogP contribution in [0.1, 0.15) is 37.1 Å². The lowest BCUT2D eigenvalue weighted by Gasteiger charge is -2.17. The predicted molar refractivity (Wildman–Crippen MR) is 132 cm³/mol. The largest absolute Gasteiger partial charge is 0.462 e.